The molecule has 0 aliphatic carbocycles. The van der Waals surface area contributed by atoms with Crippen molar-refractivity contribution >= 4 is 5.78 Å². The molecule has 1 unspecified atom stereocenters. The zero-order valence-corrected chi connectivity index (χ0v) is 8.47. The van der Waals surface area contributed by atoms with Crippen molar-refractivity contribution in [2.75, 3.05) is 13.6 Å². The van der Waals surface area contributed by atoms with Gasteiger partial charge in [-0.2, -0.15) is 0 Å². The van der Waals surface area contributed by atoms with E-state index in [2.05, 4.69) is 15.2 Å². The van der Waals surface area contributed by atoms with E-state index in [-0.39, 0.29) is 6.04 Å². The van der Waals surface area contributed by atoms with Gasteiger partial charge in [-0.25, -0.2) is 0 Å². The summed E-state index contributed by atoms with van der Waals surface area (Å²) >= 11 is 0. The van der Waals surface area contributed by atoms with Crippen LogP contribution in [-0.2, 0) is 11.8 Å². The molecule has 0 aromatic carbocycles. The number of carbonyl (C=O) groups is 1. The van der Waals surface area contributed by atoms with Crippen LogP contribution in [0.5, 0.6) is 0 Å². The minimum atomic E-state index is 0.116. The Labute approximate surface area is 82.7 Å². The molecular formula is C9H14N4O. The van der Waals surface area contributed by atoms with Gasteiger partial charge in [-0.15, -0.1) is 5.10 Å². The average Bonchev–Trinajstić information content (AvgIpc) is 2.56. The Morgan fingerprint density at radius 2 is 2.29 bits per heavy atom. The molecule has 0 bridgehead atoms. The lowest BCUT2D eigenvalue weighted by Crippen LogP contribution is -2.34. The Morgan fingerprint density at radius 1 is 1.50 bits per heavy atom. The van der Waals surface area contributed by atoms with Crippen LogP contribution in [0.3, 0.4) is 0 Å². The van der Waals surface area contributed by atoms with Crippen LogP contribution >= 0.6 is 0 Å². The predicted octanol–water partition coefficient (Wildman–Crippen LogP) is 0.151. The molecule has 0 N–H and O–H groups in total. The molecule has 1 aliphatic heterocycles. The molecular weight excluding hydrogens is 180 g/mol. The number of likely N-dealkylation sites (tertiary alicyclic amines) is 1. The third-order valence-corrected chi connectivity index (χ3v) is 2.66. The van der Waals surface area contributed by atoms with Crippen LogP contribution in [0.15, 0.2) is 6.20 Å². The van der Waals surface area contributed by atoms with E-state index in [9.17, 15) is 4.79 Å². The van der Waals surface area contributed by atoms with Gasteiger partial charge < -0.3 is 0 Å². The van der Waals surface area contributed by atoms with Crippen LogP contribution in [0, 0.1) is 0 Å². The fourth-order valence-corrected chi connectivity index (χ4v) is 1.78. The maximum atomic E-state index is 11.3. The van der Waals surface area contributed by atoms with Gasteiger partial charge in [0.1, 0.15) is 11.5 Å². The number of piperidine rings is 1. The molecule has 0 saturated carbocycles. The molecule has 2 heterocycles. The maximum absolute atomic E-state index is 11.3. The van der Waals surface area contributed by atoms with Gasteiger partial charge in [-0.1, -0.05) is 5.21 Å². The number of hydrogen-bond donors (Lipinski definition) is 0. The molecule has 1 atom stereocenters. The summed E-state index contributed by atoms with van der Waals surface area (Å²) in [5.41, 5.74) is 0.892. The molecule has 76 valence electrons. The predicted molar refractivity (Wildman–Crippen MR) is 50.6 cm³/mol. The smallest absolute Gasteiger partial charge is 0.136 e. The quantitative estimate of drug-likeness (QED) is 0.638. The molecule has 0 spiro atoms. The second-order valence-corrected chi connectivity index (χ2v) is 3.81. The summed E-state index contributed by atoms with van der Waals surface area (Å²) in [5.74, 6) is 0.318. The number of hydrogen-bond acceptors (Lipinski definition) is 4. The summed E-state index contributed by atoms with van der Waals surface area (Å²) in [4.78, 5) is 13.5. The molecule has 1 fully saturated rings. The van der Waals surface area contributed by atoms with Crippen molar-refractivity contribution in [1.82, 2.24) is 19.9 Å². The van der Waals surface area contributed by atoms with Crippen molar-refractivity contribution in [3.05, 3.63) is 11.9 Å². The van der Waals surface area contributed by atoms with Gasteiger partial charge in [-0.3, -0.25) is 14.4 Å². The topological polar surface area (TPSA) is 51.0 Å². The van der Waals surface area contributed by atoms with E-state index in [1.807, 2.05) is 20.3 Å². The van der Waals surface area contributed by atoms with Crippen LogP contribution < -0.4 is 0 Å². The molecule has 0 amide bonds. The molecule has 0 radical (unpaired) electrons. The monoisotopic (exact) mass is 194 g/mol. The summed E-state index contributed by atoms with van der Waals surface area (Å²) in [6.07, 6.45) is 3.10. The molecule has 1 aromatic heterocycles. The Kier molecular flexibility index (Phi) is 2.33. The number of rotatable bonds is 1. The summed E-state index contributed by atoms with van der Waals surface area (Å²) in [6.45, 7) is 0.820. The van der Waals surface area contributed by atoms with Gasteiger partial charge in [0.15, 0.2) is 0 Å². The Balaban J connectivity index is 2.19. The lowest BCUT2D eigenvalue weighted by atomic mass is 9.99. The van der Waals surface area contributed by atoms with Gasteiger partial charge in [0.25, 0.3) is 0 Å². The SMILES string of the molecule is CN1CCC(=O)CC1c1cn(C)nn1. The van der Waals surface area contributed by atoms with E-state index >= 15 is 0 Å². The highest BCUT2D eigenvalue weighted by Gasteiger charge is 2.27. The van der Waals surface area contributed by atoms with Crippen molar-refractivity contribution in [1.29, 1.82) is 0 Å². The molecule has 1 aliphatic rings. The third-order valence-electron chi connectivity index (χ3n) is 2.66. The Hall–Kier alpha value is -1.23. The summed E-state index contributed by atoms with van der Waals surface area (Å²) in [7, 11) is 3.85. The number of Topliss-reactive ketones (excluding diaryl/α,β-unsaturated/α-hetero) is 1. The molecule has 1 aromatic rings. The number of nitrogens with zero attached hydrogens (tertiary/aromatic N) is 4. The van der Waals surface area contributed by atoms with Gasteiger partial charge in [0, 0.05) is 32.6 Å². The third kappa shape index (κ3) is 1.68. The Bertz CT molecular complexity index is 346. The first kappa shape index (κ1) is 9.33. The fourth-order valence-electron chi connectivity index (χ4n) is 1.78. The molecule has 1 saturated heterocycles. The second kappa shape index (κ2) is 3.49. The van der Waals surface area contributed by atoms with Crippen LogP contribution in [0.25, 0.3) is 0 Å². The number of ketones is 1. The lowest BCUT2D eigenvalue weighted by Gasteiger charge is -2.29. The standard InChI is InChI=1S/C9H14N4O/c1-12-4-3-7(14)5-9(12)8-6-13(2)11-10-8/h6,9H,3-5H2,1-2H3. The highest BCUT2D eigenvalue weighted by atomic mass is 16.1. The van der Waals surface area contributed by atoms with Gasteiger partial charge in [0.05, 0.1) is 6.04 Å². The van der Waals surface area contributed by atoms with Crippen molar-refractivity contribution in [3.8, 4) is 0 Å². The highest BCUT2D eigenvalue weighted by molar-refractivity contribution is 5.80. The minimum absolute atomic E-state index is 0.116. The average molecular weight is 194 g/mol. The largest absolute Gasteiger partial charge is 0.300 e. The first-order valence-corrected chi connectivity index (χ1v) is 4.75. The lowest BCUT2D eigenvalue weighted by molar-refractivity contribution is -0.122. The van der Waals surface area contributed by atoms with E-state index in [4.69, 9.17) is 0 Å². The summed E-state index contributed by atoms with van der Waals surface area (Å²) in [5, 5.41) is 7.92. The van der Waals surface area contributed by atoms with Crippen molar-refractivity contribution in [2.45, 2.75) is 18.9 Å². The van der Waals surface area contributed by atoms with Crippen LogP contribution in [0.4, 0.5) is 0 Å². The number of aryl methyl sites for hydroxylation is 1. The molecule has 5 heteroatoms. The van der Waals surface area contributed by atoms with Crippen molar-refractivity contribution in [2.24, 2.45) is 7.05 Å². The first-order chi connectivity index (χ1) is 6.66. The Morgan fingerprint density at radius 3 is 2.93 bits per heavy atom. The van der Waals surface area contributed by atoms with E-state index in [0.29, 0.717) is 18.6 Å². The zero-order valence-electron chi connectivity index (χ0n) is 8.47. The van der Waals surface area contributed by atoms with Gasteiger partial charge in [0.2, 0.25) is 0 Å². The van der Waals surface area contributed by atoms with Crippen LogP contribution in [-0.4, -0.2) is 39.3 Å². The van der Waals surface area contributed by atoms with Crippen molar-refractivity contribution < 1.29 is 4.79 Å². The molecule has 5 nitrogen and oxygen atoms in total. The fraction of sp³-hybridized carbons (Fsp3) is 0.667. The highest BCUT2D eigenvalue weighted by Crippen LogP contribution is 2.25. The van der Waals surface area contributed by atoms with E-state index in [1.54, 1.807) is 4.68 Å². The first-order valence-electron chi connectivity index (χ1n) is 4.75. The van der Waals surface area contributed by atoms with E-state index < -0.39 is 0 Å². The minimum Gasteiger partial charge on any atom is -0.300 e. The summed E-state index contributed by atoms with van der Waals surface area (Å²) < 4.78 is 1.67. The molecule has 2 rings (SSSR count). The normalized spacial score (nSPS) is 24.1. The second-order valence-electron chi connectivity index (χ2n) is 3.81. The van der Waals surface area contributed by atoms with Gasteiger partial charge in [-0.05, 0) is 7.05 Å². The zero-order chi connectivity index (χ0) is 10.1. The summed E-state index contributed by atoms with van der Waals surface area (Å²) in [6, 6.07) is 0.116. The van der Waals surface area contributed by atoms with Crippen LogP contribution in [0.1, 0.15) is 24.6 Å². The maximum Gasteiger partial charge on any atom is 0.136 e. The molecule has 14 heavy (non-hydrogen) atoms. The van der Waals surface area contributed by atoms with E-state index in [1.165, 1.54) is 0 Å². The van der Waals surface area contributed by atoms with Crippen LogP contribution in [0.2, 0.25) is 0 Å². The number of carbonyl (C=O) groups excluding carboxylic acids is 1. The van der Waals surface area contributed by atoms with Gasteiger partial charge >= 0.3 is 0 Å². The number of aromatic nitrogens is 3. The van der Waals surface area contributed by atoms with Crippen molar-refractivity contribution in [3.63, 3.8) is 0 Å². The van der Waals surface area contributed by atoms with E-state index in [0.717, 1.165) is 12.2 Å².